The molecule has 0 heterocycles. The van der Waals surface area contributed by atoms with Crippen molar-refractivity contribution in [3.63, 3.8) is 0 Å². The summed E-state index contributed by atoms with van der Waals surface area (Å²) >= 11 is 0. The zero-order valence-corrected chi connectivity index (χ0v) is 18.0. The van der Waals surface area contributed by atoms with Gasteiger partial charge < -0.3 is 14.5 Å². The first-order valence-electron chi connectivity index (χ1n) is 11.0. The Morgan fingerprint density at radius 1 is 1.07 bits per heavy atom. The molecule has 0 aromatic heterocycles. The average molecular weight is 410 g/mol. The average Bonchev–Trinajstić information content (AvgIpc) is 2.71. The number of esters is 1. The van der Waals surface area contributed by atoms with Gasteiger partial charge in [0.05, 0.1) is 18.1 Å². The molecule has 4 aliphatic carbocycles. The lowest BCUT2D eigenvalue weighted by molar-refractivity contribution is -0.153. The highest BCUT2D eigenvalue weighted by molar-refractivity contribution is 5.91. The van der Waals surface area contributed by atoms with Crippen molar-refractivity contribution in [1.82, 2.24) is 4.90 Å². The molecule has 5 rings (SSSR count). The van der Waals surface area contributed by atoms with Crippen LogP contribution in [0.25, 0.3) is 0 Å². The molecule has 0 unspecified atom stereocenters. The minimum Gasteiger partial charge on any atom is -0.452 e. The topological polar surface area (TPSA) is 73.6 Å². The second-order valence-electron chi connectivity index (χ2n) is 9.61. The van der Waals surface area contributed by atoms with Crippen LogP contribution in [0.5, 0.6) is 0 Å². The first-order valence-corrected chi connectivity index (χ1v) is 11.0. The summed E-state index contributed by atoms with van der Waals surface area (Å²) in [6.45, 7) is 0.165. The van der Waals surface area contributed by atoms with Gasteiger partial charge in [-0.1, -0.05) is 0 Å². The Morgan fingerprint density at radius 2 is 1.63 bits per heavy atom. The molecule has 4 bridgehead atoms. The molecule has 0 saturated heterocycles. The molecule has 0 radical (unpaired) electrons. The number of benzene rings is 1. The summed E-state index contributed by atoms with van der Waals surface area (Å²) < 4.78 is 5.39. The fourth-order valence-electron chi connectivity index (χ4n) is 6.37. The third kappa shape index (κ3) is 4.03. The second-order valence-corrected chi connectivity index (χ2v) is 9.61. The Morgan fingerprint density at radius 3 is 2.13 bits per heavy atom. The molecule has 0 atom stereocenters. The van der Waals surface area contributed by atoms with Gasteiger partial charge in [-0.05, 0) is 80.5 Å². The van der Waals surface area contributed by atoms with Crippen LogP contribution in [-0.2, 0) is 9.53 Å². The lowest BCUT2D eigenvalue weighted by atomic mass is 9.52. The summed E-state index contributed by atoms with van der Waals surface area (Å²) in [7, 11) is 3.87. The van der Waals surface area contributed by atoms with E-state index >= 15 is 0 Å². The molecule has 6 nitrogen and oxygen atoms in total. The van der Waals surface area contributed by atoms with Crippen LogP contribution >= 0.6 is 0 Å². The molecule has 30 heavy (non-hydrogen) atoms. The Kier molecular flexibility index (Phi) is 5.73. The number of nitrogens with zero attached hydrogens (tertiary/aromatic N) is 3. The minimum absolute atomic E-state index is 0.136. The predicted octanol–water partition coefficient (Wildman–Crippen LogP) is 3.62. The Hall–Kier alpha value is -2.55. The molecule has 0 aliphatic heterocycles. The van der Waals surface area contributed by atoms with Crippen molar-refractivity contribution in [3.8, 4) is 6.07 Å². The van der Waals surface area contributed by atoms with E-state index in [0.717, 1.165) is 24.9 Å². The number of hydrogen-bond donors (Lipinski definition) is 0. The van der Waals surface area contributed by atoms with E-state index in [4.69, 9.17) is 10.00 Å². The molecule has 4 aliphatic rings. The quantitative estimate of drug-likeness (QED) is 0.643. The molecular weight excluding hydrogens is 378 g/mol. The van der Waals surface area contributed by atoms with Crippen molar-refractivity contribution < 1.29 is 14.3 Å². The van der Waals surface area contributed by atoms with Crippen LogP contribution in [0.3, 0.4) is 0 Å². The highest BCUT2D eigenvalue weighted by Crippen LogP contribution is 2.57. The number of nitriles is 1. The number of rotatable bonds is 7. The van der Waals surface area contributed by atoms with E-state index in [1.54, 1.807) is 12.1 Å². The third-order valence-corrected chi connectivity index (χ3v) is 7.27. The summed E-state index contributed by atoms with van der Waals surface area (Å²) in [5, 5.41) is 9.13. The molecule has 1 aromatic rings. The fourth-order valence-corrected chi connectivity index (χ4v) is 6.37. The van der Waals surface area contributed by atoms with Crippen molar-refractivity contribution in [3.05, 3.63) is 29.8 Å². The van der Waals surface area contributed by atoms with E-state index in [2.05, 4.69) is 6.07 Å². The van der Waals surface area contributed by atoms with Crippen molar-refractivity contribution in [2.24, 2.45) is 17.8 Å². The zero-order valence-electron chi connectivity index (χ0n) is 18.0. The van der Waals surface area contributed by atoms with Crippen LogP contribution in [0.4, 0.5) is 5.69 Å². The molecule has 0 N–H and O–H groups in total. The highest BCUT2D eigenvalue weighted by Gasteiger charge is 2.54. The maximum Gasteiger partial charge on any atom is 0.338 e. The molecule has 1 amide bonds. The SMILES string of the molecule is CN(C)c1ccc(C(=O)OCC(=O)N(CCC#N)C23CC4CC(CC(C4)C2)C3)cc1. The first-order chi connectivity index (χ1) is 14.4. The summed E-state index contributed by atoms with van der Waals surface area (Å²) in [5.41, 5.74) is 1.29. The minimum atomic E-state index is -0.487. The van der Waals surface area contributed by atoms with Gasteiger partial charge in [0.25, 0.3) is 5.91 Å². The van der Waals surface area contributed by atoms with Gasteiger partial charge in [-0.3, -0.25) is 4.79 Å². The normalized spacial score (nSPS) is 28.6. The van der Waals surface area contributed by atoms with Gasteiger partial charge in [-0.2, -0.15) is 5.26 Å². The van der Waals surface area contributed by atoms with Gasteiger partial charge in [-0.25, -0.2) is 4.79 Å². The number of ether oxygens (including phenoxy) is 1. The number of carbonyl (C=O) groups is 2. The van der Waals surface area contributed by atoms with E-state index in [-0.39, 0.29) is 18.1 Å². The zero-order chi connectivity index (χ0) is 21.3. The van der Waals surface area contributed by atoms with Crippen molar-refractivity contribution >= 4 is 17.6 Å². The highest BCUT2D eigenvalue weighted by atomic mass is 16.5. The van der Waals surface area contributed by atoms with E-state index < -0.39 is 5.97 Å². The number of amides is 1. The summed E-state index contributed by atoms with van der Waals surface area (Å²) in [4.78, 5) is 29.5. The van der Waals surface area contributed by atoms with Gasteiger partial charge in [0, 0.05) is 31.9 Å². The molecule has 160 valence electrons. The van der Waals surface area contributed by atoms with Gasteiger partial charge in [0.15, 0.2) is 6.61 Å². The van der Waals surface area contributed by atoms with Gasteiger partial charge in [0.1, 0.15) is 0 Å². The number of anilines is 1. The van der Waals surface area contributed by atoms with E-state index in [1.165, 1.54) is 19.3 Å². The van der Waals surface area contributed by atoms with Crippen LogP contribution in [0.1, 0.15) is 55.3 Å². The van der Waals surface area contributed by atoms with Crippen LogP contribution in [-0.4, -0.2) is 49.6 Å². The molecular formula is C24H31N3O3. The summed E-state index contributed by atoms with van der Waals surface area (Å²) in [6, 6.07) is 9.33. The van der Waals surface area contributed by atoms with Crippen LogP contribution < -0.4 is 4.90 Å². The van der Waals surface area contributed by atoms with Crippen LogP contribution in [0.15, 0.2) is 24.3 Å². The van der Waals surface area contributed by atoms with E-state index in [1.807, 2.05) is 36.0 Å². The Bertz CT molecular complexity index is 805. The van der Waals surface area contributed by atoms with Gasteiger partial charge in [-0.15, -0.1) is 0 Å². The summed E-state index contributed by atoms with van der Waals surface area (Å²) in [5.74, 6) is 1.45. The Labute approximate surface area is 178 Å². The molecule has 0 spiro atoms. The largest absolute Gasteiger partial charge is 0.452 e. The first kappa shape index (κ1) is 20.7. The molecule has 6 heteroatoms. The van der Waals surface area contributed by atoms with Crippen LogP contribution in [0.2, 0.25) is 0 Å². The lowest BCUT2D eigenvalue weighted by Gasteiger charge is -2.60. The second kappa shape index (κ2) is 8.29. The van der Waals surface area contributed by atoms with Crippen molar-refractivity contribution in [1.29, 1.82) is 5.26 Å². The van der Waals surface area contributed by atoms with Crippen molar-refractivity contribution in [2.45, 2.75) is 50.5 Å². The molecule has 1 aromatic carbocycles. The maximum absolute atomic E-state index is 13.2. The summed E-state index contributed by atoms with van der Waals surface area (Å²) in [6.07, 6.45) is 7.29. The van der Waals surface area contributed by atoms with Crippen molar-refractivity contribution in [2.75, 3.05) is 32.1 Å². The predicted molar refractivity (Wildman–Crippen MR) is 114 cm³/mol. The van der Waals surface area contributed by atoms with E-state index in [0.29, 0.717) is 36.3 Å². The number of carbonyl (C=O) groups excluding carboxylic acids is 2. The standard InChI is InChI=1S/C24H31N3O3/c1-26(2)21-6-4-20(5-7-21)23(29)30-16-22(28)27(9-3-8-25)24-13-17-10-18(14-24)12-19(11-17)15-24/h4-7,17-19H,3,9-16H2,1-2H3. The molecule has 4 fully saturated rings. The number of hydrogen-bond acceptors (Lipinski definition) is 5. The van der Waals surface area contributed by atoms with Gasteiger partial charge in [0.2, 0.25) is 0 Å². The van der Waals surface area contributed by atoms with Gasteiger partial charge >= 0.3 is 5.97 Å². The third-order valence-electron chi connectivity index (χ3n) is 7.27. The Balaban J connectivity index is 1.43. The maximum atomic E-state index is 13.2. The smallest absolute Gasteiger partial charge is 0.338 e. The van der Waals surface area contributed by atoms with Crippen LogP contribution in [0, 0.1) is 29.1 Å². The monoisotopic (exact) mass is 409 g/mol. The van der Waals surface area contributed by atoms with E-state index in [9.17, 15) is 9.59 Å². The molecule has 4 saturated carbocycles. The lowest BCUT2D eigenvalue weighted by Crippen LogP contribution is -2.62. The fraction of sp³-hybridized carbons (Fsp3) is 0.625.